The fourth-order valence-electron chi connectivity index (χ4n) is 2.89. The first-order valence-electron chi connectivity index (χ1n) is 10.2. The van der Waals surface area contributed by atoms with Crippen molar-refractivity contribution in [2.75, 3.05) is 41.7 Å². The van der Waals surface area contributed by atoms with Crippen LogP contribution in [0.25, 0.3) is 0 Å². The molecule has 2 aromatic rings. The standard InChI is InChI=1S/C24H26O10/c1-29-21(25)15-9-16(22(26)30-2)12-19(11-15)33-7-5-6-8-34-20-13-17(23(27)31-3)10-18(14-20)24(28)32-4/h9-14H,5-8H2,1-4H3. The molecule has 2 aromatic carbocycles. The van der Waals surface area contributed by atoms with Crippen molar-refractivity contribution < 1.29 is 47.6 Å². The number of ether oxygens (including phenoxy) is 6. The van der Waals surface area contributed by atoms with Gasteiger partial charge in [-0.15, -0.1) is 0 Å². The molecule has 0 aromatic heterocycles. The van der Waals surface area contributed by atoms with Crippen LogP contribution in [0, 0.1) is 0 Å². The summed E-state index contributed by atoms with van der Waals surface area (Å²) in [6.45, 7) is 0.564. The summed E-state index contributed by atoms with van der Waals surface area (Å²) in [5.41, 5.74) is 0.650. The van der Waals surface area contributed by atoms with E-state index >= 15 is 0 Å². The summed E-state index contributed by atoms with van der Waals surface area (Å²) in [5, 5.41) is 0. The van der Waals surface area contributed by atoms with Crippen LogP contribution in [0.1, 0.15) is 54.3 Å². The lowest BCUT2D eigenvalue weighted by atomic mass is 10.1. The van der Waals surface area contributed by atoms with Crippen LogP contribution in [0.4, 0.5) is 0 Å². The summed E-state index contributed by atoms with van der Waals surface area (Å²) in [7, 11) is 4.96. The van der Waals surface area contributed by atoms with Crippen molar-refractivity contribution in [3.63, 3.8) is 0 Å². The van der Waals surface area contributed by atoms with Gasteiger partial charge in [0.05, 0.1) is 63.9 Å². The van der Waals surface area contributed by atoms with E-state index in [4.69, 9.17) is 28.4 Å². The molecule has 0 atom stereocenters. The minimum Gasteiger partial charge on any atom is -0.494 e. The third-order valence-corrected chi connectivity index (χ3v) is 4.57. The zero-order valence-electron chi connectivity index (χ0n) is 19.4. The molecule has 0 saturated carbocycles. The van der Waals surface area contributed by atoms with E-state index in [0.717, 1.165) is 0 Å². The Bertz CT molecular complexity index is 892. The van der Waals surface area contributed by atoms with Gasteiger partial charge < -0.3 is 28.4 Å². The Morgan fingerprint density at radius 3 is 1.00 bits per heavy atom. The molecule has 0 bridgehead atoms. The van der Waals surface area contributed by atoms with Crippen LogP contribution in [-0.2, 0) is 18.9 Å². The number of hydrogen-bond acceptors (Lipinski definition) is 10. The van der Waals surface area contributed by atoms with Gasteiger partial charge in [0.2, 0.25) is 0 Å². The van der Waals surface area contributed by atoms with E-state index in [2.05, 4.69) is 0 Å². The first-order chi connectivity index (χ1) is 16.3. The van der Waals surface area contributed by atoms with E-state index in [-0.39, 0.29) is 35.5 Å². The molecular weight excluding hydrogens is 448 g/mol. The number of methoxy groups -OCH3 is 4. The predicted octanol–water partition coefficient (Wildman–Crippen LogP) is 3.07. The number of carbonyl (C=O) groups excluding carboxylic acids is 4. The van der Waals surface area contributed by atoms with E-state index < -0.39 is 23.9 Å². The monoisotopic (exact) mass is 474 g/mol. The van der Waals surface area contributed by atoms with E-state index in [9.17, 15) is 19.2 Å². The lowest BCUT2D eigenvalue weighted by Gasteiger charge is -2.11. The van der Waals surface area contributed by atoms with Gasteiger partial charge in [-0.3, -0.25) is 0 Å². The molecule has 10 nitrogen and oxygen atoms in total. The largest absolute Gasteiger partial charge is 0.494 e. The Hall–Kier alpha value is -4.08. The van der Waals surface area contributed by atoms with Gasteiger partial charge in [0.25, 0.3) is 0 Å². The van der Waals surface area contributed by atoms with Crippen molar-refractivity contribution in [1.82, 2.24) is 0 Å². The highest BCUT2D eigenvalue weighted by atomic mass is 16.5. The first kappa shape index (κ1) is 26.2. The first-order valence-corrected chi connectivity index (χ1v) is 10.2. The van der Waals surface area contributed by atoms with Gasteiger partial charge in [-0.25, -0.2) is 19.2 Å². The Morgan fingerprint density at radius 2 is 0.765 bits per heavy atom. The maximum absolute atomic E-state index is 11.8. The van der Waals surface area contributed by atoms with E-state index in [0.29, 0.717) is 24.3 Å². The van der Waals surface area contributed by atoms with Crippen LogP contribution in [0.2, 0.25) is 0 Å². The average molecular weight is 474 g/mol. The van der Waals surface area contributed by atoms with Crippen molar-refractivity contribution in [1.29, 1.82) is 0 Å². The molecule has 0 aliphatic heterocycles. The molecule has 182 valence electrons. The Balaban J connectivity index is 1.94. The topological polar surface area (TPSA) is 124 Å². The fraction of sp³-hybridized carbons (Fsp3) is 0.333. The number of carbonyl (C=O) groups is 4. The number of benzene rings is 2. The molecule has 0 heterocycles. The van der Waals surface area contributed by atoms with Crippen LogP contribution in [0.5, 0.6) is 11.5 Å². The molecule has 34 heavy (non-hydrogen) atoms. The van der Waals surface area contributed by atoms with Crippen molar-refractivity contribution in [3.05, 3.63) is 58.7 Å². The third-order valence-electron chi connectivity index (χ3n) is 4.57. The molecule has 2 rings (SSSR count). The summed E-state index contributed by atoms with van der Waals surface area (Å²) in [5.74, 6) is -1.79. The van der Waals surface area contributed by atoms with Gasteiger partial charge in [-0.05, 0) is 49.2 Å². The number of unbranched alkanes of at least 4 members (excludes halogenated alkanes) is 1. The Morgan fingerprint density at radius 1 is 0.500 bits per heavy atom. The third kappa shape index (κ3) is 7.22. The molecule has 0 amide bonds. The zero-order valence-corrected chi connectivity index (χ0v) is 19.4. The maximum atomic E-state index is 11.8. The second-order valence-corrected chi connectivity index (χ2v) is 6.86. The van der Waals surface area contributed by atoms with E-state index in [1.165, 1.54) is 64.8 Å². The fourth-order valence-corrected chi connectivity index (χ4v) is 2.89. The number of rotatable bonds is 11. The SMILES string of the molecule is COC(=O)c1cc(OCCCCOc2cc(C(=O)OC)cc(C(=O)OC)c2)cc(C(=O)OC)c1. The molecule has 0 N–H and O–H groups in total. The molecule has 0 aliphatic carbocycles. The molecule has 10 heteroatoms. The van der Waals surface area contributed by atoms with Gasteiger partial charge in [0.15, 0.2) is 0 Å². The van der Waals surface area contributed by atoms with Crippen molar-refractivity contribution >= 4 is 23.9 Å². The Kier molecular flexibility index (Phi) is 9.88. The summed E-state index contributed by atoms with van der Waals surface area (Å²) in [4.78, 5) is 47.4. The van der Waals surface area contributed by atoms with Crippen LogP contribution in [0.15, 0.2) is 36.4 Å². The van der Waals surface area contributed by atoms with Crippen molar-refractivity contribution in [2.45, 2.75) is 12.8 Å². The molecule has 0 aliphatic rings. The normalized spacial score (nSPS) is 10.1. The summed E-state index contributed by atoms with van der Waals surface area (Å²) >= 11 is 0. The van der Waals surface area contributed by atoms with Crippen LogP contribution in [0.3, 0.4) is 0 Å². The van der Waals surface area contributed by atoms with Crippen molar-refractivity contribution in [2.24, 2.45) is 0 Å². The van der Waals surface area contributed by atoms with E-state index in [1.807, 2.05) is 0 Å². The second-order valence-electron chi connectivity index (χ2n) is 6.86. The number of esters is 4. The molecular formula is C24H26O10. The number of hydrogen-bond donors (Lipinski definition) is 0. The highest BCUT2D eigenvalue weighted by molar-refractivity contribution is 5.96. The molecule has 0 saturated heterocycles. The zero-order chi connectivity index (χ0) is 25.1. The molecule has 0 spiro atoms. The van der Waals surface area contributed by atoms with Gasteiger partial charge >= 0.3 is 23.9 Å². The van der Waals surface area contributed by atoms with Crippen LogP contribution in [-0.4, -0.2) is 65.5 Å². The van der Waals surface area contributed by atoms with E-state index in [1.54, 1.807) is 0 Å². The molecule has 0 fully saturated rings. The minimum atomic E-state index is -0.607. The lowest BCUT2D eigenvalue weighted by Crippen LogP contribution is -2.09. The minimum absolute atomic E-state index is 0.163. The Labute approximate surface area is 196 Å². The van der Waals surface area contributed by atoms with Gasteiger partial charge in [-0.2, -0.15) is 0 Å². The smallest absolute Gasteiger partial charge is 0.338 e. The summed E-state index contributed by atoms with van der Waals surface area (Å²) < 4.78 is 30.1. The van der Waals surface area contributed by atoms with Gasteiger partial charge in [-0.1, -0.05) is 0 Å². The van der Waals surface area contributed by atoms with Gasteiger partial charge in [0, 0.05) is 0 Å². The summed E-state index contributed by atoms with van der Waals surface area (Å²) in [6.07, 6.45) is 1.16. The summed E-state index contributed by atoms with van der Waals surface area (Å²) in [6, 6.07) is 8.62. The van der Waals surface area contributed by atoms with Crippen LogP contribution < -0.4 is 9.47 Å². The van der Waals surface area contributed by atoms with Crippen LogP contribution >= 0.6 is 0 Å². The predicted molar refractivity (Wildman–Crippen MR) is 118 cm³/mol. The highest BCUT2D eigenvalue weighted by Gasteiger charge is 2.16. The maximum Gasteiger partial charge on any atom is 0.338 e. The average Bonchev–Trinajstić information content (AvgIpc) is 2.88. The molecule has 0 radical (unpaired) electrons. The van der Waals surface area contributed by atoms with Gasteiger partial charge in [0.1, 0.15) is 11.5 Å². The quantitative estimate of drug-likeness (QED) is 0.273. The second kappa shape index (κ2) is 12.8. The van der Waals surface area contributed by atoms with Crippen molar-refractivity contribution in [3.8, 4) is 11.5 Å². The molecule has 0 unspecified atom stereocenters. The highest BCUT2D eigenvalue weighted by Crippen LogP contribution is 2.21. The lowest BCUT2D eigenvalue weighted by molar-refractivity contribution is 0.0580.